The van der Waals surface area contributed by atoms with Crippen LogP contribution in [0.1, 0.15) is 6.92 Å². The average molecular weight is 412 g/mol. The molecule has 156 valence electrons. The van der Waals surface area contributed by atoms with Gasteiger partial charge in [0.15, 0.2) is 0 Å². The quantitative estimate of drug-likeness (QED) is 0.321. The fourth-order valence-electron chi connectivity index (χ4n) is 1.90. The molecule has 9 heteroatoms. The molecule has 1 rings (SSSR count). The standard InChI is InChI=1S/C19H29NO7Si/c1-15(2)18(21)26-12-16(11-25-17-9-7-6-8-10-17)13-27-19(22)20-14-28(5,23-3)24-4/h6-10,16H,1,11-14H2,2-5H3,(H,20,22). The zero-order valence-electron chi connectivity index (χ0n) is 16.9. The third-order valence-electron chi connectivity index (χ3n) is 3.90. The Morgan fingerprint density at radius 1 is 1.07 bits per heavy atom. The minimum Gasteiger partial charge on any atom is -0.493 e. The molecule has 0 fully saturated rings. The molecule has 1 aromatic rings. The second kappa shape index (κ2) is 12.2. The van der Waals surface area contributed by atoms with Crippen LogP contribution in [-0.4, -0.2) is 60.8 Å². The van der Waals surface area contributed by atoms with Crippen LogP contribution in [0.2, 0.25) is 6.55 Å². The maximum Gasteiger partial charge on any atom is 0.407 e. The highest BCUT2D eigenvalue weighted by Crippen LogP contribution is 2.11. The van der Waals surface area contributed by atoms with Gasteiger partial charge in [0.2, 0.25) is 0 Å². The lowest BCUT2D eigenvalue weighted by molar-refractivity contribution is -0.141. The number of alkyl carbamates (subject to hydrolysis) is 1. The van der Waals surface area contributed by atoms with Crippen molar-refractivity contribution in [2.24, 2.45) is 5.92 Å². The van der Waals surface area contributed by atoms with E-state index >= 15 is 0 Å². The molecule has 0 aliphatic rings. The second-order valence-electron chi connectivity index (χ2n) is 6.36. The van der Waals surface area contributed by atoms with Crippen molar-refractivity contribution in [3.63, 3.8) is 0 Å². The molecular formula is C19H29NO7Si. The fourth-order valence-corrected chi connectivity index (χ4v) is 2.82. The summed E-state index contributed by atoms with van der Waals surface area (Å²) >= 11 is 0. The summed E-state index contributed by atoms with van der Waals surface area (Å²) in [6.07, 6.45) is -0.363. The number of carbonyl (C=O) groups is 2. The lowest BCUT2D eigenvalue weighted by Crippen LogP contribution is -2.49. The van der Waals surface area contributed by atoms with Crippen LogP contribution in [0, 0.1) is 5.92 Å². The molecule has 0 aromatic heterocycles. The summed E-state index contributed by atoms with van der Waals surface area (Å²) in [7, 11) is 0.641. The van der Waals surface area contributed by atoms with Gasteiger partial charge in [-0.05, 0) is 25.6 Å². The van der Waals surface area contributed by atoms with Crippen LogP contribution in [0.4, 0.5) is 4.79 Å². The molecule has 0 aliphatic heterocycles. The summed E-state index contributed by atoms with van der Waals surface area (Å²) in [6, 6.07) is 9.20. The van der Waals surface area contributed by atoms with E-state index in [1.165, 1.54) is 14.2 Å². The highest BCUT2D eigenvalue weighted by molar-refractivity contribution is 6.66. The van der Waals surface area contributed by atoms with Crippen LogP contribution in [0.15, 0.2) is 42.5 Å². The first-order valence-electron chi connectivity index (χ1n) is 8.81. The molecule has 0 heterocycles. The summed E-state index contributed by atoms with van der Waals surface area (Å²) < 4.78 is 26.7. The van der Waals surface area contributed by atoms with E-state index in [4.69, 9.17) is 23.1 Å². The number of benzene rings is 1. The number of ether oxygens (including phenoxy) is 3. The van der Waals surface area contributed by atoms with E-state index < -0.39 is 20.6 Å². The van der Waals surface area contributed by atoms with Crippen LogP contribution in [0.3, 0.4) is 0 Å². The number of carbonyl (C=O) groups excluding carboxylic acids is 2. The number of nitrogens with one attached hydrogen (secondary N) is 1. The number of para-hydroxylation sites is 1. The maximum atomic E-state index is 12.0. The van der Waals surface area contributed by atoms with Gasteiger partial charge in [-0.2, -0.15) is 0 Å². The molecule has 1 aromatic carbocycles. The van der Waals surface area contributed by atoms with E-state index in [2.05, 4.69) is 11.9 Å². The number of rotatable bonds is 12. The topological polar surface area (TPSA) is 92.3 Å². The minimum absolute atomic E-state index is 0.0143. The molecule has 28 heavy (non-hydrogen) atoms. The van der Waals surface area contributed by atoms with Gasteiger partial charge in [-0.15, -0.1) is 0 Å². The van der Waals surface area contributed by atoms with Gasteiger partial charge in [0.25, 0.3) is 0 Å². The van der Waals surface area contributed by atoms with Crippen molar-refractivity contribution < 1.29 is 32.7 Å². The molecule has 1 unspecified atom stereocenters. The van der Waals surface area contributed by atoms with E-state index in [0.717, 1.165) is 0 Å². The summed E-state index contributed by atoms with van der Waals surface area (Å²) in [6.45, 7) is 7.19. The van der Waals surface area contributed by atoms with Gasteiger partial charge in [0, 0.05) is 19.8 Å². The van der Waals surface area contributed by atoms with Crippen LogP contribution < -0.4 is 10.1 Å². The van der Waals surface area contributed by atoms with Crippen LogP contribution in [-0.2, 0) is 23.1 Å². The first-order chi connectivity index (χ1) is 13.3. The van der Waals surface area contributed by atoms with Crippen molar-refractivity contribution in [2.75, 3.05) is 40.2 Å². The summed E-state index contributed by atoms with van der Waals surface area (Å²) in [5.41, 5.74) is 0.296. The Labute approximate surface area is 167 Å². The van der Waals surface area contributed by atoms with Crippen LogP contribution in [0.25, 0.3) is 0 Å². The van der Waals surface area contributed by atoms with Gasteiger partial charge < -0.3 is 28.4 Å². The third kappa shape index (κ3) is 9.02. The van der Waals surface area contributed by atoms with Gasteiger partial charge in [-0.1, -0.05) is 24.8 Å². The van der Waals surface area contributed by atoms with Gasteiger partial charge in [-0.3, -0.25) is 0 Å². The monoisotopic (exact) mass is 411 g/mol. The van der Waals surface area contributed by atoms with Gasteiger partial charge >= 0.3 is 20.6 Å². The van der Waals surface area contributed by atoms with Crippen molar-refractivity contribution >= 4 is 20.6 Å². The van der Waals surface area contributed by atoms with Gasteiger partial charge in [0.05, 0.1) is 18.7 Å². The Morgan fingerprint density at radius 2 is 1.68 bits per heavy atom. The van der Waals surface area contributed by atoms with E-state index in [1.807, 2.05) is 36.9 Å². The molecule has 1 amide bonds. The Balaban J connectivity index is 2.54. The fraction of sp³-hybridized carbons (Fsp3) is 0.474. The molecule has 0 bridgehead atoms. The highest BCUT2D eigenvalue weighted by Gasteiger charge is 2.29. The van der Waals surface area contributed by atoms with Crippen molar-refractivity contribution in [3.8, 4) is 5.75 Å². The number of esters is 1. The summed E-state index contributed by atoms with van der Waals surface area (Å²) in [4.78, 5) is 23.6. The second-order valence-corrected chi connectivity index (χ2v) is 9.80. The number of amides is 1. The van der Waals surface area contributed by atoms with Crippen LogP contribution in [0.5, 0.6) is 5.75 Å². The van der Waals surface area contributed by atoms with E-state index in [9.17, 15) is 9.59 Å². The predicted molar refractivity (Wildman–Crippen MR) is 106 cm³/mol. The molecule has 1 N–H and O–H groups in total. The minimum atomic E-state index is -2.43. The molecule has 8 nitrogen and oxygen atoms in total. The van der Waals surface area contributed by atoms with E-state index in [1.54, 1.807) is 6.92 Å². The molecule has 0 saturated carbocycles. The van der Waals surface area contributed by atoms with E-state index in [-0.39, 0.29) is 31.9 Å². The molecule has 1 atom stereocenters. The lowest BCUT2D eigenvalue weighted by Gasteiger charge is -2.23. The number of hydrogen-bond acceptors (Lipinski definition) is 7. The first-order valence-corrected chi connectivity index (χ1v) is 11.3. The molecular weight excluding hydrogens is 382 g/mol. The van der Waals surface area contributed by atoms with Gasteiger partial charge in [-0.25, -0.2) is 9.59 Å². The first kappa shape index (κ1) is 23.7. The summed E-state index contributed by atoms with van der Waals surface area (Å²) in [5, 5.41) is 2.63. The third-order valence-corrected chi connectivity index (χ3v) is 6.44. The van der Waals surface area contributed by atoms with Crippen molar-refractivity contribution in [2.45, 2.75) is 13.5 Å². The normalized spacial score (nSPS) is 12.0. The molecule has 0 radical (unpaired) electrons. The Bertz CT molecular complexity index is 634. The largest absolute Gasteiger partial charge is 0.493 e. The summed E-state index contributed by atoms with van der Waals surface area (Å²) in [5.74, 6) is -0.177. The molecule has 0 spiro atoms. The predicted octanol–water partition coefficient (Wildman–Crippen LogP) is 2.43. The van der Waals surface area contributed by atoms with Crippen molar-refractivity contribution in [1.82, 2.24) is 5.32 Å². The Kier molecular flexibility index (Phi) is 10.3. The molecule has 0 aliphatic carbocycles. The molecule has 0 saturated heterocycles. The SMILES string of the molecule is C=C(C)C(=O)OCC(COC(=O)NC[Si](C)(OC)OC)COc1ccccc1. The zero-order valence-corrected chi connectivity index (χ0v) is 17.9. The smallest absolute Gasteiger partial charge is 0.407 e. The van der Waals surface area contributed by atoms with E-state index in [0.29, 0.717) is 11.3 Å². The zero-order chi connectivity index (χ0) is 21.0. The average Bonchev–Trinajstić information content (AvgIpc) is 2.71. The van der Waals surface area contributed by atoms with Crippen molar-refractivity contribution in [1.29, 1.82) is 0 Å². The lowest BCUT2D eigenvalue weighted by atomic mass is 10.2. The highest BCUT2D eigenvalue weighted by atomic mass is 28.4. The number of hydrogen-bond donors (Lipinski definition) is 1. The maximum absolute atomic E-state index is 12.0. The Hall–Kier alpha value is -2.36. The van der Waals surface area contributed by atoms with Crippen molar-refractivity contribution in [3.05, 3.63) is 42.5 Å². The van der Waals surface area contributed by atoms with Crippen LogP contribution >= 0.6 is 0 Å². The van der Waals surface area contributed by atoms with Gasteiger partial charge in [0.1, 0.15) is 19.0 Å². The Morgan fingerprint density at radius 3 is 2.25 bits per heavy atom.